The largest absolute Gasteiger partial charge is 0.191 e. The Kier molecular flexibility index (Phi) is 2.95. The molecular formula is C16H12NS. The van der Waals surface area contributed by atoms with Crippen molar-refractivity contribution in [3.8, 4) is 21.7 Å². The quantitative estimate of drug-likeness (QED) is 0.648. The van der Waals surface area contributed by atoms with E-state index in [2.05, 4.69) is 41.6 Å². The molecule has 1 radical (unpaired) electrons. The lowest BCUT2D eigenvalue weighted by atomic mass is 10.1. The number of benzene rings is 2. The van der Waals surface area contributed by atoms with Crippen molar-refractivity contribution in [3.05, 3.63) is 66.2 Å². The highest BCUT2D eigenvalue weighted by Crippen LogP contribution is 2.30. The van der Waals surface area contributed by atoms with Gasteiger partial charge in [-0.15, -0.1) is 0 Å². The number of rotatable bonds is 2. The van der Waals surface area contributed by atoms with Gasteiger partial charge in [0.25, 0.3) is 0 Å². The Morgan fingerprint density at radius 2 is 1.67 bits per heavy atom. The molecule has 0 bridgehead atoms. The molecule has 1 heterocycles. The average molecular weight is 250 g/mol. The van der Waals surface area contributed by atoms with Gasteiger partial charge in [0.2, 0.25) is 0 Å². The molecule has 0 saturated carbocycles. The van der Waals surface area contributed by atoms with Gasteiger partial charge in [-0.1, -0.05) is 54.6 Å². The SMILES string of the molecule is Cc1ccccc1-c1[c]c(-c2ccccc2)sn1. The minimum absolute atomic E-state index is 0.942. The van der Waals surface area contributed by atoms with Gasteiger partial charge in [0.05, 0.1) is 10.6 Å². The van der Waals surface area contributed by atoms with Gasteiger partial charge in [-0.25, -0.2) is 0 Å². The van der Waals surface area contributed by atoms with Crippen LogP contribution in [-0.4, -0.2) is 4.37 Å². The van der Waals surface area contributed by atoms with E-state index in [1.807, 2.05) is 30.3 Å². The van der Waals surface area contributed by atoms with Gasteiger partial charge in [-0.05, 0) is 29.6 Å². The van der Waals surface area contributed by atoms with Crippen molar-refractivity contribution in [1.29, 1.82) is 0 Å². The Bertz CT molecular complexity index is 656. The topological polar surface area (TPSA) is 12.9 Å². The van der Waals surface area contributed by atoms with Crippen LogP contribution in [0.1, 0.15) is 5.56 Å². The van der Waals surface area contributed by atoms with Gasteiger partial charge < -0.3 is 0 Å². The molecule has 0 atom stereocenters. The molecule has 0 N–H and O–H groups in total. The molecule has 0 fully saturated rings. The molecule has 0 amide bonds. The third-order valence-electron chi connectivity index (χ3n) is 2.90. The van der Waals surface area contributed by atoms with Crippen LogP contribution in [0.15, 0.2) is 54.6 Å². The molecule has 3 rings (SSSR count). The molecule has 2 heteroatoms. The van der Waals surface area contributed by atoms with Gasteiger partial charge in [-0.2, -0.15) is 4.37 Å². The van der Waals surface area contributed by atoms with E-state index in [-0.39, 0.29) is 0 Å². The van der Waals surface area contributed by atoms with Crippen LogP contribution in [0.3, 0.4) is 0 Å². The van der Waals surface area contributed by atoms with Crippen LogP contribution in [0.25, 0.3) is 21.7 Å². The molecule has 1 nitrogen and oxygen atoms in total. The summed E-state index contributed by atoms with van der Waals surface area (Å²) in [5.41, 5.74) is 4.52. The van der Waals surface area contributed by atoms with Crippen LogP contribution in [0.4, 0.5) is 0 Å². The zero-order valence-electron chi connectivity index (χ0n) is 10.1. The standard InChI is InChI=1S/C16H12NS/c1-12-7-5-6-10-14(12)15-11-16(18-17-15)13-8-3-2-4-9-13/h2-10H,1H3. The molecule has 0 spiro atoms. The van der Waals surface area contributed by atoms with Crippen LogP contribution in [0, 0.1) is 13.0 Å². The zero-order chi connectivity index (χ0) is 12.4. The first-order valence-electron chi connectivity index (χ1n) is 5.85. The fourth-order valence-electron chi connectivity index (χ4n) is 1.91. The molecule has 0 aliphatic rings. The molecule has 3 aromatic rings. The van der Waals surface area contributed by atoms with Crippen LogP contribution in [0.5, 0.6) is 0 Å². The lowest BCUT2D eigenvalue weighted by Gasteiger charge is -1.99. The first-order chi connectivity index (χ1) is 8.84. The van der Waals surface area contributed by atoms with Crippen LogP contribution < -0.4 is 0 Å². The Hall–Kier alpha value is -1.93. The third kappa shape index (κ3) is 2.07. The molecule has 0 unspecified atom stereocenters. The summed E-state index contributed by atoms with van der Waals surface area (Å²) in [5, 5.41) is 0. The van der Waals surface area contributed by atoms with Crippen LogP contribution in [0.2, 0.25) is 0 Å². The van der Waals surface area contributed by atoms with E-state index in [1.165, 1.54) is 22.7 Å². The summed E-state index contributed by atoms with van der Waals surface area (Å²) >= 11 is 1.50. The van der Waals surface area contributed by atoms with Crippen molar-refractivity contribution >= 4 is 11.5 Å². The number of hydrogen-bond acceptors (Lipinski definition) is 2. The maximum Gasteiger partial charge on any atom is 0.0929 e. The smallest absolute Gasteiger partial charge is 0.0929 e. The summed E-state index contributed by atoms with van der Waals surface area (Å²) in [7, 11) is 0. The van der Waals surface area contributed by atoms with E-state index in [0.29, 0.717) is 0 Å². The normalized spacial score (nSPS) is 10.5. The van der Waals surface area contributed by atoms with Crippen molar-refractivity contribution in [3.63, 3.8) is 0 Å². The molecule has 0 aliphatic carbocycles. The second-order valence-corrected chi connectivity index (χ2v) is 4.94. The number of hydrogen-bond donors (Lipinski definition) is 0. The monoisotopic (exact) mass is 250 g/mol. The summed E-state index contributed by atoms with van der Waals surface area (Å²) in [4.78, 5) is 1.09. The maximum absolute atomic E-state index is 4.51. The first kappa shape index (κ1) is 11.2. The van der Waals surface area contributed by atoms with Crippen molar-refractivity contribution in [2.75, 3.05) is 0 Å². The summed E-state index contributed by atoms with van der Waals surface area (Å²) < 4.78 is 4.51. The van der Waals surface area contributed by atoms with E-state index in [9.17, 15) is 0 Å². The van der Waals surface area contributed by atoms with Gasteiger partial charge >= 0.3 is 0 Å². The van der Waals surface area contributed by atoms with Crippen molar-refractivity contribution in [2.45, 2.75) is 6.92 Å². The van der Waals surface area contributed by atoms with E-state index in [1.54, 1.807) is 0 Å². The summed E-state index contributed by atoms with van der Waals surface area (Å²) in [6.07, 6.45) is 0. The van der Waals surface area contributed by atoms with Gasteiger partial charge in [0, 0.05) is 11.6 Å². The van der Waals surface area contributed by atoms with Crippen molar-refractivity contribution in [2.24, 2.45) is 0 Å². The maximum atomic E-state index is 4.51. The Morgan fingerprint density at radius 3 is 2.44 bits per heavy atom. The van der Waals surface area contributed by atoms with E-state index < -0.39 is 0 Å². The second-order valence-electron chi connectivity index (χ2n) is 4.17. The highest BCUT2D eigenvalue weighted by atomic mass is 32.1. The zero-order valence-corrected chi connectivity index (χ0v) is 10.9. The highest BCUT2D eigenvalue weighted by molar-refractivity contribution is 7.09. The predicted molar refractivity (Wildman–Crippen MR) is 76.6 cm³/mol. The minimum atomic E-state index is 0.942. The van der Waals surface area contributed by atoms with Crippen LogP contribution in [-0.2, 0) is 0 Å². The lowest BCUT2D eigenvalue weighted by Crippen LogP contribution is -1.81. The Balaban J connectivity index is 2.03. The molecule has 0 aliphatic heterocycles. The molecule has 1 aromatic heterocycles. The lowest BCUT2D eigenvalue weighted by molar-refractivity contribution is 1.42. The highest BCUT2D eigenvalue weighted by Gasteiger charge is 2.08. The summed E-state index contributed by atoms with van der Waals surface area (Å²) in [6.45, 7) is 2.10. The minimum Gasteiger partial charge on any atom is -0.191 e. The molecule has 18 heavy (non-hydrogen) atoms. The fourth-order valence-corrected chi connectivity index (χ4v) is 2.62. The summed E-state index contributed by atoms with van der Waals surface area (Å²) in [5.74, 6) is 0. The fraction of sp³-hybridized carbons (Fsp3) is 0.0625. The van der Waals surface area contributed by atoms with Crippen LogP contribution >= 0.6 is 11.5 Å². The molecular weight excluding hydrogens is 238 g/mol. The molecule has 2 aromatic carbocycles. The predicted octanol–water partition coefficient (Wildman–Crippen LogP) is 4.59. The molecule has 87 valence electrons. The van der Waals surface area contributed by atoms with Gasteiger partial charge in [0.1, 0.15) is 0 Å². The third-order valence-corrected chi connectivity index (χ3v) is 3.69. The number of aromatic nitrogens is 1. The number of aryl methyl sites for hydroxylation is 1. The Morgan fingerprint density at radius 1 is 0.944 bits per heavy atom. The first-order valence-corrected chi connectivity index (χ1v) is 6.62. The van der Waals surface area contributed by atoms with E-state index in [0.717, 1.165) is 16.1 Å². The number of nitrogens with zero attached hydrogens (tertiary/aromatic N) is 1. The van der Waals surface area contributed by atoms with Gasteiger partial charge in [0.15, 0.2) is 0 Å². The van der Waals surface area contributed by atoms with E-state index >= 15 is 0 Å². The van der Waals surface area contributed by atoms with Gasteiger partial charge in [-0.3, -0.25) is 0 Å². The molecule has 0 saturated heterocycles. The van der Waals surface area contributed by atoms with E-state index in [4.69, 9.17) is 0 Å². The average Bonchev–Trinajstić information content (AvgIpc) is 2.90. The summed E-state index contributed by atoms with van der Waals surface area (Å²) in [6, 6.07) is 21.9. The second kappa shape index (κ2) is 4.75. The van der Waals surface area contributed by atoms with Crippen molar-refractivity contribution < 1.29 is 0 Å². The van der Waals surface area contributed by atoms with Crippen molar-refractivity contribution in [1.82, 2.24) is 4.37 Å². The Labute approximate surface area is 111 Å².